The Hall–Kier alpha value is -2.25. The van der Waals surface area contributed by atoms with Gasteiger partial charge in [0.15, 0.2) is 0 Å². The molecule has 0 aliphatic heterocycles. The van der Waals surface area contributed by atoms with Crippen LogP contribution in [-0.2, 0) is 0 Å². The first-order valence-corrected chi connectivity index (χ1v) is 6.19. The maximum atomic E-state index is 4.40. The molecule has 0 saturated heterocycles. The van der Waals surface area contributed by atoms with Crippen molar-refractivity contribution in [3.05, 3.63) is 12.7 Å². The number of nitrogens with zero attached hydrogens (tertiary/aromatic N) is 7. The van der Waals surface area contributed by atoms with Crippen LogP contribution in [0.1, 0.15) is 20.8 Å². The van der Waals surface area contributed by atoms with Gasteiger partial charge in [-0.05, 0) is 20.8 Å². The molecule has 2 rings (SSSR count). The summed E-state index contributed by atoms with van der Waals surface area (Å²) in [6, 6.07) is 0.292. The van der Waals surface area contributed by atoms with Gasteiger partial charge in [-0.15, -0.1) is 0 Å². The van der Waals surface area contributed by atoms with Crippen LogP contribution < -0.4 is 10.2 Å². The van der Waals surface area contributed by atoms with Gasteiger partial charge in [0, 0.05) is 19.6 Å². The average molecular weight is 262 g/mol. The minimum Gasteiger partial charge on any atom is -0.354 e. The third-order valence-electron chi connectivity index (χ3n) is 2.66. The molecule has 102 valence electrons. The van der Waals surface area contributed by atoms with Gasteiger partial charge in [-0.25, -0.2) is 4.98 Å². The summed E-state index contributed by atoms with van der Waals surface area (Å²) >= 11 is 0. The Morgan fingerprint density at radius 3 is 2.68 bits per heavy atom. The predicted molar refractivity (Wildman–Crippen MR) is 72.4 cm³/mol. The van der Waals surface area contributed by atoms with E-state index in [4.69, 9.17) is 0 Å². The van der Waals surface area contributed by atoms with Crippen molar-refractivity contribution in [1.29, 1.82) is 0 Å². The van der Waals surface area contributed by atoms with E-state index in [1.807, 2.05) is 18.9 Å². The van der Waals surface area contributed by atoms with Crippen LogP contribution in [0.2, 0.25) is 0 Å². The molecule has 0 aliphatic rings. The van der Waals surface area contributed by atoms with Crippen LogP contribution in [-0.4, -0.2) is 49.4 Å². The van der Waals surface area contributed by atoms with E-state index in [0.29, 0.717) is 23.9 Å². The Bertz CT molecular complexity index is 521. The maximum Gasteiger partial charge on any atom is 0.258 e. The molecule has 0 saturated carbocycles. The monoisotopic (exact) mass is 262 g/mol. The normalized spacial score (nSPS) is 10.8. The van der Waals surface area contributed by atoms with Gasteiger partial charge in [0.1, 0.15) is 12.7 Å². The summed E-state index contributed by atoms with van der Waals surface area (Å²) in [6.07, 6.45) is 3.01. The zero-order valence-electron chi connectivity index (χ0n) is 11.6. The fourth-order valence-electron chi connectivity index (χ4n) is 1.39. The van der Waals surface area contributed by atoms with Gasteiger partial charge in [-0.3, -0.25) is 0 Å². The summed E-state index contributed by atoms with van der Waals surface area (Å²) in [5.41, 5.74) is 0. The zero-order chi connectivity index (χ0) is 13.8. The highest BCUT2D eigenvalue weighted by Gasteiger charge is 2.13. The highest BCUT2D eigenvalue weighted by Crippen LogP contribution is 2.13. The summed E-state index contributed by atoms with van der Waals surface area (Å²) < 4.78 is 1.51. The smallest absolute Gasteiger partial charge is 0.258 e. The van der Waals surface area contributed by atoms with E-state index >= 15 is 0 Å². The van der Waals surface area contributed by atoms with E-state index in [2.05, 4.69) is 44.2 Å². The van der Waals surface area contributed by atoms with Crippen molar-refractivity contribution in [3.63, 3.8) is 0 Å². The molecule has 0 fully saturated rings. The van der Waals surface area contributed by atoms with E-state index in [0.717, 1.165) is 6.54 Å². The van der Waals surface area contributed by atoms with Gasteiger partial charge >= 0.3 is 0 Å². The molecule has 2 aromatic rings. The van der Waals surface area contributed by atoms with Crippen molar-refractivity contribution in [2.45, 2.75) is 26.8 Å². The molecule has 8 nitrogen and oxygen atoms in total. The molecule has 0 aliphatic carbocycles. The lowest BCUT2D eigenvalue weighted by Crippen LogP contribution is -2.28. The number of nitrogens with one attached hydrogen (secondary N) is 1. The lowest BCUT2D eigenvalue weighted by molar-refractivity contribution is 0.712. The van der Waals surface area contributed by atoms with Crippen molar-refractivity contribution in [3.8, 4) is 5.95 Å². The first-order chi connectivity index (χ1) is 9.11. The third-order valence-corrected chi connectivity index (χ3v) is 2.66. The maximum absolute atomic E-state index is 4.40. The Morgan fingerprint density at radius 1 is 1.32 bits per heavy atom. The second-order valence-electron chi connectivity index (χ2n) is 4.33. The van der Waals surface area contributed by atoms with E-state index in [1.165, 1.54) is 11.0 Å². The number of hydrogen-bond acceptors (Lipinski definition) is 7. The molecule has 0 aromatic carbocycles. The van der Waals surface area contributed by atoms with Crippen molar-refractivity contribution < 1.29 is 0 Å². The van der Waals surface area contributed by atoms with Crippen LogP contribution in [0.3, 0.4) is 0 Å². The molecule has 0 spiro atoms. The molecule has 0 radical (unpaired) electrons. The average Bonchev–Trinajstić information content (AvgIpc) is 2.91. The Kier molecular flexibility index (Phi) is 3.88. The summed E-state index contributed by atoms with van der Waals surface area (Å²) in [4.78, 5) is 19.0. The second kappa shape index (κ2) is 5.59. The summed E-state index contributed by atoms with van der Waals surface area (Å²) in [5, 5.41) is 7.13. The molecule has 1 N–H and O–H groups in total. The Balaban J connectivity index is 2.43. The molecule has 8 heteroatoms. The molecular weight excluding hydrogens is 244 g/mol. The molecule has 0 unspecified atom stereocenters. The molecule has 19 heavy (non-hydrogen) atoms. The molecule has 2 aromatic heterocycles. The summed E-state index contributed by atoms with van der Waals surface area (Å²) in [5.74, 6) is 1.59. The van der Waals surface area contributed by atoms with Crippen LogP contribution in [0.4, 0.5) is 11.9 Å². The van der Waals surface area contributed by atoms with E-state index < -0.39 is 0 Å². The largest absolute Gasteiger partial charge is 0.354 e. The molecule has 0 atom stereocenters. The second-order valence-corrected chi connectivity index (χ2v) is 4.33. The third kappa shape index (κ3) is 2.95. The van der Waals surface area contributed by atoms with Crippen molar-refractivity contribution in [2.75, 3.05) is 23.8 Å². The summed E-state index contributed by atoms with van der Waals surface area (Å²) in [6.45, 7) is 6.88. The standard InChI is InChI=1S/C11H18N8/c1-5-13-9-15-10(18(4)8(2)3)17-11(16-9)19-7-12-6-14-19/h6-8H,5H2,1-4H3,(H,13,15,16,17). The summed E-state index contributed by atoms with van der Waals surface area (Å²) in [7, 11) is 1.95. The van der Waals surface area contributed by atoms with Crippen molar-refractivity contribution in [1.82, 2.24) is 29.7 Å². The van der Waals surface area contributed by atoms with Gasteiger partial charge in [0.25, 0.3) is 5.95 Å². The van der Waals surface area contributed by atoms with E-state index in [9.17, 15) is 0 Å². The van der Waals surface area contributed by atoms with Gasteiger partial charge in [0.05, 0.1) is 0 Å². The van der Waals surface area contributed by atoms with Crippen LogP contribution in [0.5, 0.6) is 0 Å². The fourth-order valence-corrected chi connectivity index (χ4v) is 1.39. The van der Waals surface area contributed by atoms with Crippen LogP contribution >= 0.6 is 0 Å². The number of anilines is 2. The van der Waals surface area contributed by atoms with E-state index in [-0.39, 0.29) is 0 Å². The minimum absolute atomic E-state index is 0.292. The fraction of sp³-hybridized carbons (Fsp3) is 0.545. The van der Waals surface area contributed by atoms with Crippen LogP contribution in [0.15, 0.2) is 12.7 Å². The molecular formula is C11H18N8. The highest BCUT2D eigenvalue weighted by atomic mass is 15.4. The van der Waals surface area contributed by atoms with Crippen molar-refractivity contribution >= 4 is 11.9 Å². The van der Waals surface area contributed by atoms with Crippen LogP contribution in [0, 0.1) is 0 Å². The molecule has 0 bridgehead atoms. The Morgan fingerprint density at radius 2 is 2.11 bits per heavy atom. The SMILES string of the molecule is CCNc1nc(N(C)C(C)C)nc(-n2cncn2)n1. The number of rotatable bonds is 5. The predicted octanol–water partition coefficient (Wildman–Crippen LogP) is 0.729. The molecule has 2 heterocycles. The molecule has 0 amide bonds. The van der Waals surface area contributed by atoms with Gasteiger partial charge < -0.3 is 10.2 Å². The van der Waals surface area contributed by atoms with Gasteiger partial charge in [-0.1, -0.05) is 0 Å². The van der Waals surface area contributed by atoms with Crippen molar-refractivity contribution in [2.24, 2.45) is 0 Å². The lowest BCUT2D eigenvalue weighted by Gasteiger charge is -2.21. The Labute approximate surface area is 111 Å². The highest BCUT2D eigenvalue weighted by molar-refractivity contribution is 5.39. The topological polar surface area (TPSA) is 84.7 Å². The lowest BCUT2D eigenvalue weighted by atomic mass is 10.4. The van der Waals surface area contributed by atoms with Gasteiger partial charge in [-0.2, -0.15) is 24.7 Å². The first kappa shape index (κ1) is 13.2. The zero-order valence-corrected chi connectivity index (χ0v) is 11.6. The van der Waals surface area contributed by atoms with Gasteiger partial charge in [0.2, 0.25) is 11.9 Å². The van der Waals surface area contributed by atoms with Crippen LogP contribution in [0.25, 0.3) is 5.95 Å². The quantitative estimate of drug-likeness (QED) is 0.850. The van der Waals surface area contributed by atoms with E-state index in [1.54, 1.807) is 6.33 Å². The number of hydrogen-bond donors (Lipinski definition) is 1. The number of aromatic nitrogens is 6. The first-order valence-electron chi connectivity index (χ1n) is 6.19. The minimum atomic E-state index is 0.292.